The number of halogens is 2. The lowest BCUT2D eigenvalue weighted by Gasteiger charge is -2.29. The highest BCUT2D eigenvalue weighted by molar-refractivity contribution is 9.10. The summed E-state index contributed by atoms with van der Waals surface area (Å²) in [5.41, 5.74) is 1.44. The van der Waals surface area contributed by atoms with Crippen LogP contribution in [0.4, 0.5) is 11.8 Å². The molecule has 0 atom stereocenters. The fourth-order valence-corrected chi connectivity index (χ4v) is 4.73. The Morgan fingerprint density at radius 1 is 1.12 bits per heavy atom. The number of nitrogens with one attached hydrogen (secondary N) is 2. The van der Waals surface area contributed by atoms with Crippen LogP contribution in [-0.2, 0) is 0 Å². The van der Waals surface area contributed by atoms with E-state index in [1.165, 1.54) is 0 Å². The van der Waals surface area contributed by atoms with Crippen LogP contribution < -0.4 is 15.5 Å². The van der Waals surface area contributed by atoms with E-state index in [2.05, 4.69) is 32.6 Å². The Balaban J connectivity index is 1.32. The van der Waals surface area contributed by atoms with Gasteiger partial charge in [-0.05, 0) is 61.9 Å². The molecule has 0 radical (unpaired) electrons. The largest absolute Gasteiger partial charge is 0.362 e. The van der Waals surface area contributed by atoms with Crippen molar-refractivity contribution in [2.24, 2.45) is 5.92 Å². The van der Waals surface area contributed by atoms with Crippen LogP contribution in [0.1, 0.15) is 36.0 Å². The molecule has 1 aliphatic carbocycles. The van der Waals surface area contributed by atoms with Crippen molar-refractivity contribution >= 4 is 56.1 Å². The van der Waals surface area contributed by atoms with Gasteiger partial charge in [-0.3, -0.25) is 4.79 Å². The summed E-state index contributed by atoms with van der Waals surface area (Å²) in [7, 11) is 4.00. The molecule has 1 saturated carbocycles. The molecule has 3 aromatic rings. The topological polar surface area (TPSA) is 70.2 Å². The molecule has 1 aromatic heterocycles. The molecule has 6 nitrogen and oxygen atoms in total. The Morgan fingerprint density at radius 2 is 1.88 bits per heavy atom. The van der Waals surface area contributed by atoms with Gasteiger partial charge in [0.1, 0.15) is 5.82 Å². The van der Waals surface area contributed by atoms with E-state index in [9.17, 15) is 4.79 Å². The minimum Gasteiger partial charge on any atom is -0.362 e. The smallest absolute Gasteiger partial charge is 0.252 e. The highest BCUT2D eigenvalue weighted by Crippen LogP contribution is 2.28. The van der Waals surface area contributed by atoms with Crippen LogP contribution in [0.3, 0.4) is 0 Å². The van der Waals surface area contributed by atoms with Gasteiger partial charge in [-0.1, -0.05) is 39.7 Å². The normalized spacial score (nSPS) is 18.4. The van der Waals surface area contributed by atoms with Crippen molar-refractivity contribution in [1.82, 2.24) is 15.3 Å². The molecule has 32 heavy (non-hydrogen) atoms. The molecule has 0 saturated heterocycles. The first-order valence-electron chi connectivity index (χ1n) is 10.8. The van der Waals surface area contributed by atoms with Crippen LogP contribution in [0, 0.1) is 5.92 Å². The number of aromatic nitrogens is 2. The van der Waals surface area contributed by atoms with Crippen molar-refractivity contribution in [2.45, 2.75) is 31.7 Å². The maximum Gasteiger partial charge on any atom is 0.252 e. The first-order valence-corrected chi connectivity index (χ1v) is 12.0. The number of anilines is 2. The van der Waals surface area contributed by atoms with Crippen molar-refractivity contribution in [3.05, 3.63) is 57.5 Å². The minimum atomic E-state index is -0.127. The molecule has 1 amide bonds. The third-order valence-corrected chi connectivity index (χ3v) is 6.73. The van der Waals surface area contributed by atoms with Gasteiger partial charge < -0.3 is 15.5 Å². The summed E-state index contributed by atoms with van der Waals surface area (Å²) in [6.45, 7) is 0.658. The maximum atomic E-state index is 12.5. The first kappa shape index (κ1) is 22.8. The average molecular weight is 517 g/mol. The van der Waals surface area contributed by atoms with Crippen LogP contribution >= 0.6 is 27.5 Å². The lowest BCUT2D eigenvalue weighted by molar-refractivity contribution is 0.0943. The van der Waals surface area contributed by atoms with Crippen LogP contribution in [-0.4, -0.2) is 42.6 Å². The standard InChI is InChI=1S/C24H27BrClN5O/c1-31(2)22-18-5-3-4-6-21(18)29-24(30-22)28-17-10-7-15(8-11-17)14-27-23(32)19-13-16(25)9-12-20(19)26/h3-6,9,12-13,15,17H,7-8,10-11,14H2,1-2H3,(H,27,32)(H,28,29,30)/t15-,17+. The number of fused-ring (bicyclic) bond motifs is 1. The number of carbonyl (C=O) groups is 1. The number of hydrogen-bond acceptors (Lipinski definition) is 5. The van der Waals surface area contributed by atoms with E-state index in [0.29, 0.717) is 35.0 Å². The highest BCUT2D eigenvalue weighted by Gasteiger charge is 2.23. The third-order valence-electron chi connectivity index (χ3n) is 5.91. The second kappa shape index (κ2) is 10.0. The molecule has 0 unspecified atom stereocenters. The van der Waals surface area contributed by atoms with E-state index >= 15 is 0 Å². The quantitative estimate of drug-likeness (QED) is 0.452. The Kier molecular flexibility index (Phi) is 7.16. The Bertz CT molecular complexity index is 1110. The number of carbonyl (C=O) groups excluding carboxylic acids is 1. The Morgan fingerprint density at radius 3 is 2.62 bits per heavy atom. The molecule has 0 aliphatic heterocycles. The van der Waals surface area contributed by atoms with Crippen molar-refractivity contribution in [1.29, 1.82) is 0 Å². The van der Waals surface area contributed by atoms with E-state index < -0.39 is 0 Å². The van der Waals surface area contributed by atoms with Crippen LogP contribution in [0.2, 0.25) is 5.02 Å². The zero-order valence-corrected chi connectivity index (χ0v) is 20.6. The molecule has 168 valence electrons. The van der Waals surface area contributed by atoms with E-state index in [1.807, 2.05) is 43.3 Å². The molecular formula is C24H27BrClN5O. The fourth-order valence-electron chi connectivity index (χ4n) is 4.16. The summed E-state index contributed by atoms with van der Waals surface area (Å²) in [4.78, 5) is 24.0. The number of rotatable bonds is 6. The van der Waals surface area contributed by atoms with Crippen molar-refractivity contribution in [3.63, 3.8) is 0 Å². The summed E-state index contributed by atoms with van der Waals surface area (Å²) in [6, 6.07) is 13.7. The lowest BCUT2D eigenvalue weighted by Crippen LogP contribution is -2.34. The van der Waals surface area contributed by atoms with Gasteiger partial charge in [-0.15, -0.1) is 0 Å². The molecule has 0 bridgehead atoms. The maximum absolute atomic E-state index is 12.5. The molecule has 8 heteroatoms. The first-order chi connectivity index (χ1) is 15.4. The van der Waals surface area contributed by atoms with Gasteiger partial charge in [0.25, 0.3) is 5.91 Å². The predicted molar refractivity (Wildman–Crippen MR) is 135 cm³/mol. The summed E-state index contributed by atoms with van der Waals surface area (Å²) in [6.07, 6.45) is 4.12. The molecule has 0 spiro atoms. The van der Waals surface area contributed by atoms with Gasteiger partial charge in [0.05, 0.1) is 16.1 Å². The fraction of sp³-hybridized carbons (Fsp3) is 0.375. The van der Waals surface area contributed by atoms with Crippen molar-refractivity contribution < 1.29 is 4.79 Å². The third kappa shape index (κ3) is 5.33. The Hall–Kier alpha value is -2.38. The summed E-state index contributed by atoms with van der Waals surface area (Å²) >= 11 is 9.56. The van der Waals surface area contributed by atoms with Gasteiger partial charge >= 0.3 is 0 Å². The summed E-state index contributed by atoms with van der Waals surface area (Å²) < 4.78 is 0.840. The van der Waals surface area contributed by atoms with E-state index in [-0.39, 0.29) is 5.91 Å². The molecular weight excluding hydrogens is 490 g/mol. The van der Waals surface area contributed by atoms with Crippen LogP contribution in [0.15, 0.2) is 46.9 Å². The van der Waals surface area contributed by atoms with Crippen molar-refractivity contribution in [2.75, 3.05) is 30.9 Å². The predicted octanol–water partition coefficient (Wildman–Crippen LogP) is 5.51. The molecule has 2 aromatic carbocycles. The van der Waals surface area contributed by atoms with Gasteiger partial charge in [0.15, 0.2) is 0 Å². The zero-order chi connectivity index (χ0) is 22.7. The summed E-state index contributed by atoms with van der Waals surface area (Å²) in [5, 5.41) is 8.09. The highest BCUT2D eigenvalue weighted by atomic mass is 79.9. The van der Waals surface area contributed by atoms with Gasteiger partial charge in [-0.25, -0.2) is 4.98 Å². The minimum absolute atomic E-state index is 0.127. The van der Waals surface area contributed by atoms with E-state index in [4.69, 9.17) is 21.6 Å². The number of amides is 1. The molecule has 1 heterocycles. The Labute approximate surface area is 201 Å². The second-order valence-electron chi connectivity index (χ2n) is 8.48. The number of nitrogens with zero attached hydrogens (tertiary/aromatic N) is 3. The summed E-state index contributed by atoms with van der Waals surface area (Å²) in [5.74, 6) is 1.92. The molecule has 2 N–H and O–H groups in total. The SMILES string of the molecule is CN(C)c1nc(N[C@H]2CC[C@@H](CNC(=O)c3cc(Br)ccc3Cl)CC2)nc2ccccc12. The van der Waals surface area contributed by atoms with Gasteiger partial charge in [-0.2, -0.15) is 4.98 Å². The molecule has 1 aliphatic rings. The monoisotopic (exact) mass is 515 g/mol. The number of hydrogen-bond donors (Lipinski definition) is 2. The molecule has 4 rings (SSSR count). The van der Waals surface area contributed by atoms with Crippen LogP contribution in [0.25, 0.3) is 10.9 Å². The van der Waals surface area contributed by atoms with E-state index in [1.54, 1.807) is 12.1 Å². The lowest BCUT2D eigenvalue weighted by atomic mass is 9.86. The van der Waals surface area contributed by atoms with E-state index in [0.717, 1.165) is 46.9 Å². The van der Waals surface area contributed by atoms with Crippen molar-refractivity contribution in [3.8, 4) is 0 Å². The number of benzene rings is 2. The zero-order valence-electron chi connectivity index (χ0n) is 18.2. The van der Waals surface area contributed by atoms with Gasteiger partial charge in [0, 0.05) is 36.5 Å². The van der Waals surface area contributed by atoms with Gasteiger partial charge in [0.2, 0.25) is 5.95 Å². The average Bonchev–Trinajstić information content (AvgIpc) is 2.79. The second-order valence-corrected chi connectivity index (χ2v) is 9.80. The molecule has 1 fully saturated rings. The number of para-hydroxylation sites is 1. The van der Waals surface area contributed by atoms with Crippen LogP contribution in [0.5, 0.6) is 0 Å².